The SMILES string of the molecule is CCCN(CCC)c1ccc(NS(=O)(=O)c2ccc(OC)c(Cl)c2)cn1. The van der Waals surface area contributed by atoms with Gasteiger partial charge in [0.05, 0.1) is 28.9 Å². The molecule has 0 aliphatic carbocycles. The summed E-state index contributed by atoms with van der Waals surface area (Å²) in [5, 5.41) is 0.235. The van der Waals surface area contributed by atoms with E-state index in [4.69, 9.17) is 16.3 Å². The molecule has 1 aromatic carbocycles. The predicted octanol–water partition coefficient (Wildman–Crippen LogP) is 4.17. The van der Waals surface area contributed by atoms with Crippen LogP contribution in [0.25, 0.3) is 0 Å². The minimum absolute atomic E-state index is 0.0611. The number of rotatable bonds is 9. The van der Waals surface area contributed by atoms with E-state index in [1.165, 1.54) is 31.5 Å². The largest absolute Gasteiger partial charge is 0.495 e. The summed E-state index contributed by atoms with van der Waals surface area (Å²) in [4.78, 5) is 6.64. The molecular weight excluding hydrogens is 374 g/mol. The summed E-state index contributed by atoms with van der Waals surface area (Å²) in [5.41, 5.74) is 0.397. The molecule has 2 aromatic rings. The molecule has 0 atom stereocenters. The van der Waals surface area contributed by atoms with E-state index in [-0.39, 0.29) is 9.92 Å². The molecule has 1 aromatic heterocycles. The Labute approximate surface area is 160 Å². The van der Waals surface area contributed by atoms with Gasteiger partial charge in [-0.2, -0.15) is 0 Å². The first kappa shape index (κ1) is 20.3. The monoisotopic (exact) mass is 397 g/mol. The van der Waals surface area contributed by atoms with Gasteiger partial charge in [-0.05, 0) is 43.2 Å². The average molecular weight is 398 g/mol. The molecule has 0 aliphatic heterocycles. The maximum atomic E-state index is 12.5. The summed E-state index contributed by atoms with van der Waals surface area (Å²) in [5.74, 6) is 1.26. The van der Waals surface area contributed by atoms with Crippen LogP contribution in [0.1, 0.15) is 26.7 Å². The molecule has 2 rings (SSSR count). The maximum absolute atomic E-state index is 12.5. The van der Waals surface area contributed by atoms with Crippen molar-refractivity contribution < 1.29 is 13.2 Å². The second kappa shape index (κ2) is 9.09. The van der Waals surface area contributed by atoms with E-state index in [9.17, 15) is 8.42 Å². The topological polar surface area (TPSA) is 71.5 Å². The molecule has 1 N–H and O–H groups in total. The first-order valence-corrected chi connectivity index (χ1v) is 10.3. The van der Waals surface area contributed by atoms with Crippen LogP contribution in [0, 0.1) is 0 Å². The Kier molecular flexibility index (Phi) is 7.11. The van der Waals surface area contributed by atoms with Gasteiger partial charge in [0.25, 0.3) is 10.0 Å². The van der Waals surface area contributed by atoms with Gasteiger partial charge < -0.3 is 9.64 Å². The van der Waals surface area contributed by atoms with Crippen molar-refractivity contribution in [3.63, 3.8) is 0 Å². The molecule has 0 saturated carbocycles. The summed E-state index contributed by atoms with van der Waals surface area (Å²) in [7, 11) is -2.28. The van der Waals surface area contributed by atoms with Crippen LogP contribution >= 0.6 is 11.6 Å². The average Bonchev–Trinajstić information content (AvgIpc) is 2.62. The molecule has 0 fully saturated rings. The zero-order valence-electron chi connectivity index (χ0n) is 15.2. The van der Waals surface area contributed by atoms with Gasteiger partial charge >= 0.3 is 0 Å². The number of pyridine rings is 1. The third-order valence-corrected chi connectivity index (χ3v) is 5.42. The van der Waals surface area contributed by atoms with Gasteiger partial charge in [-0.15, -0.1) is 0 Å². The van der Waals surface area contributed by atoms with Crippen LogP contribution in [-0.4, -0.2) is 33.6 Å². The lowest BCUT2D eigenvalue weighted by Crippen LogP contribution is -2.25. The van der Waals surface area contributed by atoms with Gasteiger partial charge in [-0.1, -0.05) is 25.4 Å². The Morgan fingerprint density at radius 2 is 1.85 bits per heavy atom. The first-order valence-electron chi connectivity index (χ1n) is 8.48. The van der Waals surface area contributed by atoms with Crippen molar-refractivity contribution in [2.75, 3.05) is 29.8 Å². The molecule has 6 nitrogen and oxygen atoms in total. The number of aromatic nitrogens is 1. The number of nitrogens with zero attached hydrogens (tertiary/aromatic N) is 2. The van der Waals surface area contributed by atoms with Gasteiger partial charge in [0.2, 0.25) is 0 Å². The van der Waals surface area contributed by atoms with Crippen molar-refractivity contribution in [2.24, 2.45) is 0 Å². The van der Waals surface area contributed by atoms with Crippen molar-refractivity contribution in [3.05, 3.63) is 41.6 Å². The smallest absolute Gasteiger partial charge is 0.261 e. The normalized spacial score (nSPS) is 11.2. The highest BCUT2D eigenvalue weighted by Crippen LogP contribution is 2.28. The van der Waals surface area contributed by atoms with Gasteiger partial charge in [0.15, 0.2) is 0 Å². The van der Waals surface area contributed by atoms with E-state index in [0.29, 0.717) is 11.4 Å². The highest BCUT2D eigenvalue weighted by molar-refractivity contribution is 7.92. The summed E-state index contributed by atoms with van der Waals surface area (Å²) in [6.45, 7) is 6.06. The number of benzene rings is 1. The summed E-state index contributed by atoms with van der Waals surface area (Å²) < 4.78 is 32.6. The second-order valence-electron chi connectivity index (χ2n) is 5.79. The summed E-state index contributed by atoms with van der Waals surface area (Å²) >= 11 is 6.02. The van der Waals surface area contributed by atoms with E-state index in [1.54, 1.807) is 6.07 Å². The van der Waals surface area contributed by atoms with E-state index in [2.05, 4.69) is 28.5 Å². The van der Waals surface area contributed by atoms with E-state index in [0.717, 1.165) is 31.7 Å². The molecule has 0 aliphatic rings. The van der Waals surface area contributed by atoms with Crippen LogP contribution in [0.3, 0.4) is 0 Å². The third-order valence-electron chi connectivity index (χ3n) is 3.74. The quantitative estimate of drug-likeness (QED) is 0.687. The minimum atomic E-state index is -3.76. The molecule has 0 unspecified atom stereocenters. The Morgan fingerprint density at radius 3 is 2.35 bits per heavy atom. The number of halogens is 1. The van der Waals surface area contributed by atoms with Gasteiger partial charge in [-0.25, -0.2) is 13.4 Å². The lowest BCUT2D eigenvalue weighted by molar-refractivity contribution is 0.414. The van der Waals surface area contributed by atoms with Crippen molar-refractivity contribution in [1.82, 2.24) is 4.98 Å². The molecule has 1 heterocycles. The lowest BCUT2D eigenvalue weighted by Gasteiger charge is -2.22. The maximum Gasteiger partial charge on any atom is 0.261 e. The number of sulfonamides is 1. The molecule has 8 heteroatoms. The Balaban J connectivity index is 2.18. The molecule has 0 spiro atoms. The number of nitrogens with one attached hydrogen (secondary N) is 1. The molecule has 0 amide bonds. The third kappa shape index (κ3) is 5.02. The van der Waals surface area contributed by atoms with Gasteiger partial charge in [-0.3, -0.25) is 4.72 Å². The van der Waals surface area contributed by atoms with Crippen LogP contribution in [0.2, 0.25) is 5.02 Å². The van der Waals surface area contributed by atoms with E-state index >= 15 is 0 Å². The van der Waals surface area contributed by atoms with Crippen molar-refractivity contribution in [1.29, 1.82) is 0 Å². The number of hydrogen-bond donors (Lipinski definition) is 1. The Bertz CT molecular complexity index is 820. The van der Waals surface area contributed by atoms with Gasteiger partial charge in [0.1, 0.15) is 11.6 Å². The van der Waals surface area contributed by atoms with Crippen molar-refractivity contribution in [2.45, 2.75) is 31.6 Å². The zero-order valence-corrected chi connectivity index (χ0v) is 16.8. The lowest BCUT2D eigenvalue weighted by atomic mass is 10.3. The number of anilines is 2. The number of hydrogen-bond acceptors (Lipinski definition) is 5. The summed E-state index contributed by atoms with van der Waals surface area (Å²) in [6, 6.07) is 7.85. The van der Waals surface area contributed by atoms with Crippen LogP contribution in [-0.2, 0) is 10.0 Å². The van der Waals surface area contributed by atoms with E-state index in [1.807, 2.05) is 6.07 Å². The van der Waals surface area contributed by atoms with Crippen molar-refractivity contribution >= 4 is 33.1 Å². The molecule has 142 valence electrons. The fourth-order valence-electron chi connectivity index (χ4n) is 2.54. The molecular formula is C18H24ClN3O3S. The fraction of sp³-hybridized carbons (Fsp3) is 0.389. The molecule has 0 radical (unpaired) electrons. The van der Waals surface area contributed by atoms with Crippen LogP contribution in [0.4, 0.5) is 11.5 Å². The number of ether oxygens (including phenoxy) is 1. The predicted molar refractivity (Wildman–Crippen MR) is 106 cm³/mol. The molecule has 0 saturated heterocycles. The van der Waals surface area contributed by atoms with Crippen LogP contribution in [0.5, 0.6) is 5.75 Å². The van der Waals surface area contributed by atoms with E-state index < -0.39 is 10.0 Å². The first-order chi connectivity index (χ1) is 12.4. The van der Waals surface area contributed by atoms with Crippen LogP contribution in [0.15, 0.2) is 41.4 Å². The molecule has 0 bridgehead atoms. The summed E-state index contributed by atoms with van der Waals surface area (Å²) in [6.07, 6.45) is 3.57. The van der Waals surface area contributed by atoms with Gasteiger partial charge in [0, 0.05) is 13.1 Å². The Hall–Kier alpha value is -1.99. The number of methoxy groups -OCH3 is 1. The van der Waals surface area contributed by atoms with Crippen molar-refractivity contribution in [3.8, 4) is 5.75 Å². The Morgan fingerprint density at radius 1 is 1.15 bits per heavy atom. The molecule has 26 heavy (non-hydrogen) atoms. The van der Waals surface area contributed by atoms with Crippen LogP contribution < -0.4 is 14.4 Å². The standard InChI is InChI=1S/C18H24ClN3O3S/c1-4-10-22(11-5-2)18-9-6-14(13-20-18)21-26(23,24)15-7-8-17(25-3)16(19)12-15/h6-9,12-13,21H,4-5,10-11H2,1-3H3. The fourth-order valence-corrected chi connectivity index (χ4v) is 3.93. The highest BCUT2D eigenvalue weighted by Gasteiger charge is 2.17. The zero-order chi connectivity index (χ0) is 19.2. The minimum Gasteiger partial charge on any atom is -0.495 e. The highest BCUT2D eigenvalue weighted by atomic mass is 35.5. The second-order valence-corrected chi connectivity index (χ2v) is 7.88.